The van der Waals surface area contributed by atoms with Gasteiger partial charge in [-0.05, 0) is 128 Å². The fraction of sp³-hybridized carbons (Fsp3) is 0.528. The first-order valence-corrected chi connectivity index (χ1v) is 31.8. The lowest BCUT2D eigenvalue weighted by molar-refractivity contribution is 0.0823. The van der Waals surface area contributed by atoms with Crippen LogP contribution in [0.25, 0.3) is 0 Å². The molecule has 0 fully saturated rings. The number of benzene rings is 5. The predicted molar refractivity (Wildman–Crippen MR) is 389 cm³/mol. The molecule has 5 aromatic rings. The second-order valence-corrected chi connectivity index (χ2v) is 27.7. The molecule has 6 atom stereocenters. The Balaban J connectivity index is 0.00000135. The molecule has 1 radical (unpaired) electrons. The molecule has 5 rings (SSSR count). The van der Waals surface area contributed by atoms with Crippen LogP contribution < -0.4 is 27.0 Å². The number of nitrogens with two attached hydrogens (primary N) is 1. The zero-order valence-corrected chi connectivity index (χ0v) is 60.1. The van der Waals surface area contributed by atoms with Gasteiger partial charge in [0.2, 0.25) is 0 Å². The highest BCUT2D eigenvalue weighted by molar-refractivity contribution is 6.29. The molecule has 0 saturated heterocycles. The second kappa shape index (κ2) is 44.7. The first kappa shape index (κ1) is 86.1. The molecule has 16 nitrogen and oxygen atoms in total. The van der Waals surface area contributed by atoms with E-state index in [2.05, 4.69) is 78.2 Å². The highest BCUT2D eigenvalue weighted by Gasteiger charge is 2.30. The van der Waals surface area contributed by atoms with E-state index in [4.69, 9.17) is 10.4 Å². The maximum atomic E-state index is 12.9. The number of carbonyl (C=O) groups excluding carboxylic acids is 3. The summed E-state index contributed by atoms with van der Waals surface area (Å²) in [7, 11) is 1.69. The van der Waals surface area contributed by atoms with Gasteiger partial charge in [-0.15, -0.1) is 37.2 Å². The summed E-state index contributed by atoms with van der Waals surface area (Å²) in [6.07, 6.45) is 1.54. The number of aliphatic hydroxyl groups is 3. The van der Waals surface area contributed by atoms with Crippen molar-refractivity contribution in [2.45, 2.75) is 189 Å². The Labute approximate surface area is 572 Å². The fourth-order valence-electron chi connectivity index (χ4n) is 9.44. The Morgan fingerprint density at radius 3 is 1.14 bits per heavy atom. The molecule has 0 aliphatic rings. The summed E-state index contributed by atoms with van der Waals surface area (Å²) in [5, 5.41) is 45.3. The van der Waals surface area contributed by atoms with Gasteiger partial charge in [0.05, 0.1) is 30.9 Å². The molecule has 6 amide bonds. The van der Waals surface area contributed by atoms with Gasteiger partial charge in [0.25, 0.3) is 0 Å². The molecular weight excluding hydrogens is 1220 g/mol. The van der Waals surface area contributed by atoms with E-state index in [9.17, 15) is 29.7 Å². The van der Waals surface area contributed by atoms with E-state index in [1.54, 1.807) is 22.2 Å². The summed E-state index contributed by atoms with van der Waals surface area (Å²) in [5.41, 5.74) is 10.8. The monoisotopic (exact) mass is 1330 g/mol. The van der Waals surface area contributed by atoms with Crippen molar-refractivity contribution in [2.24, 2.45) is 28.5 Å². The summed E-state index contributed by atoms with van der Waals surface area (Å²) >= 11 is 0. The molecule has 0 spiro atoms. The van der Waals surface area contributed by atoms with Gasteiger partial charge in [-0.3, -0.25) is 4.99 Å². The number of aliphatic hydroxyl groups excluding tert-OH is 3. The molecule has 0 aliphatic heterocycles. The van der Waals surface area contributed by atoms with Gasteiger partial charge in [0, 0.05) is 68.0 Å². The molecule has 92 heavy (non-hydrogen) atoms. The number of hydrogen-bond donors (Lipinski definition) is 8. The number of aliphatic imine (C=N–C) groups is 1. The minimum absolute atomic E-state index is 0. The lowest BCUT2D eigenvalue weighted by atomic mass is 9.90. The van der Waals surface area contributed by atoms with Crippen LogP contribution in [0.2, 0.25) is 0 Å². The van der Waals surface area contributed by atoms with Crippen LogP contribution in [-0.2, 0) is 36.8 Å². The summed E-state index contributed by atoms with van der Waals surface area (Å²) in [5.74, 6) is 0.890. The van der Waals surface area contributed by atoms with E-state index in [-0.39, 0.29) is 104 Å². The molecular formula is C72H114BCl3N9O7. The average molecular weight is 1330 g/mol. The van der Waals surface area contributed by atoms with Crippen LogP contribution in [0.4, 0.5) is 14.4 Å². The smallest absolute Gasteiger partial charge is 0.375 e. The Kier molecular flexibility index (Phi) is 41.8. The van der Waals surface area contributed by atoms with E-state index >= 15 is 0 Å². The van der Waals surface area contributed by atoms with E-state index in [0.29, 0.717) is 63.6 Å². The quantitative estimate of drug-likeness (QED) is 0.00987. The van der Waals surface area contributed by atoms with Crippen molar-refractivity contribution in [2.75, 3.05) is 39.3 Å². The predicted octanol–water partition coefficient (Wildman–Crippen LogP) is 12.2. The zero-order chi connectivity index (χ0) is 66.2. The van der Waals surface area contributed by atoms with Crippen molar-refractivity contribution in [1.82, 2.24) is 36.0 Å². The SMILES string of the molecule is CC(C)CN(C[C@@H](O)[C@@H](N)Cc1ccccc1)C(=O)NC(C)(C)C.CC(C)CN(C[C@@H](O)[C@H](Cc1ccccc1)N=CO[B]Cc1ccccc1)C(=O)NC(C)(C)C.CC(C)CN(C[C@@H](O)[C@H](Cc1ccccc1)NCc1ccccc1)C(=O)NC(C)(C)C.Cl.Cl.Cl. The third-order valence-electron chi connectivity index (χ3n) is 13.6. The molecule has 20 heteroatoms. The molecule has 0 saturated carbocycles. The Morgan fingerprint density at radius 2 is 0.783 bits per heavy atom. The summed E-state index contributed by atoms with van der Waals surface area (Å²) in [6, 6.07) is 48.6. The molecule has 0 bridgehead atoms. The minimum atomic E-state index is -0.848. The van der Waals surface area contributed by atoms with Gasteiger partial charge in [-0.1, -0.05) is 199 Å². The lowest BCUT2D eigenvalue weighted by Gasteiger charge is -2.33. The van der Waals surface area contributed by atoms with Crippen molar-refractivity contribution in [3.05, 3.63) is 179 Å². The standard InChI is InChI=1S/C27H39BN3O3.C26H39N3O2.C19H33N3O2.3ClH/c1-21(2)18-31(26(33)30-27(3,4)5)19-25(32)24(16-22-12-8-6-9-13-22)29-20-34-28-17-23-14-10-7-11-15-23;1-20(2)18-29(25(31)28-26(3,4)5)19-24(30)23(16-21-12-8-6-9-13-21)27-17-22-14-10-7-11-15-22;1-14(2)12-22(18(24)21-19(3,4)5)13-17(23)16(20)11-15-9-7-6-8-10-15;;;/h6-15,20-21,24-25,32H,16-19H2,1-5H3,(H,30,33);6-15,20,23-24,27,30H,16-19H2,1-5H3,(H,28,31);6-10,14,16-17,23H,11-13,20H2,1-5H3,(H,21,24);3*1H/t24-,25+;23-,24+;16-,17+;;;/m000.../s1. The molecule has 0 heterocycles. The third kappa shape index (κ3) is 39.0. The molecule has 0 unspecified atom stereocenters. The number of carbonyl (C=O) groups is 3. The van der Waals surface area contributed by atoms with Gasteiger partial charge in [-0.25, -0.2) is 14.4 Å². The maximum absolute atomic E-state index is 12.9. The normalized spacial score (nSPS) is 13.3. The first-order valence-electron chi connectivity index (χ1n) is 31.8. The van der Waals surface area contributed by atoms with Crippen LogP contribution >= 0.6 is 37.2 Å². The summed E-state index contributed by atoms with van der Waals surface area (Å²) < 4.78 is 5.52. The van der Waals surface area contributed by atoms with Crippen molar-refractivity contribution in [1.29, 1.82) is 0 Å². The number of nitrogens with zero attached hydrogens (tertiary/aromatic N) is 4. The Bertz CT molecular complexity index is 2750. The maximum Gasteiger partial charge on any atom is 0.375 e. The van der Waals surface area contributed by atoms with Crippen molar-refractivity contribution >= 4 is 69.2 Å². The van der Waals surface area contributed by atoms with Gasteiger partial charge < -0.3 is 61.7 Å². The largest absolute Gasteiger partial charge is 0.555 e. The third-order valence-corrected chi connectivity index (χ3v) is 13.6. The van der Waals surface area contributed by atoms with E-state index in [1.165, 1.54) is 6.40 Å². The molecule has 0 aliphatic carbocycles. The van der Waals surface area contributed by atoms with Crippen LogP contribution in [0.3, 0.4) is 0 Å². The number of hydrogen-bond acceptors (Lipinski definition) is 10. The highest BCUT2D eigenvalue weighted by Crippen LogP contribution is 2.16. The number of halogens is 3. The highest BCUT2D eigenvalue weighted by atomic mass is 35.5. The van der Waals surface area contributed by atoms with Crippen molar-refractivity contribution < 1.29 is 34.4 Å². The van der Waals surface area contributed by atoms with Crippen LogP contribution in [0.1, 0.15) is 132 Å². The zero-order valence-electron chi connectivity index (χ0n) is 57.6. The Hall–Kier alpha value is -5.89. The first-order chi connectivity index (χ1) is 41.9. The van der Waals surface area contributed by atoms with Crippen LogP contribution in [0.15, 0.2) is 157 Å². The number of amides is 6. The summed E-state index contributed by atoms with van der Waals surface area (Å²) in [4.78, 5) is 47.8. The van der Waals surface area contributed by atoms with Crippen molar-refractivity contribution in [3.8, 4) is 0 Å². The average Bonchev–Trinajstić information content (AvgIpc) is 1.37. The van der Waals surface area contributed by atoms with Gasteiger partial charge in [-0.2, -0.15) is 0 Å². The van der Waals surface area contributed by atoms with Crippen LogP contribution in [0.5, 0.6) is 0 Å². The van der Waals surface area contributed by atoms with Crippen LogP contribution in [-0.4, -0.2) is 154 Å². The molecule has 9 N–H and O–H groups in total. The number of urea groups is 3. The van der Waals surface area contributed by atoms with E-state index < -0.39 is 30.4 Å². The Morgan fingerprint density at radius 1 is 0.467 bits per heavy atom. The minimum Gasteiger partial charge on any atom is -0.555 e. The number of rotatable bonds is 29. The summed E-state index contributed by atoms with van der Waals surface area (Å²) in [6.45, 7) is 33.0. The van der Waals surface area contributed by atoms with Gasteiger partial charge in [0.15, 0.2) is 6.40 Å². The number of nitrogens with one attached hydrogen (secondary N) is 4. The molecule has 5 aromatic carbocycles. The molecule has 0 aromatic heterocycles. The fourth-order valence-corrected chi connectivity index (χ4v) is 9.44. The van der Waals surface area contributed by atoms with Crippen molar-refractivity contribution in [3.63, 3.8) is 0 Å². The van der Waals surface area contributed by atoms with Gasteiger partial charge >= 0.3 is 25.6 Å². The van der Waals surface area contributed by atoms with E-state index in [1.807, 2.05) is 204 Å². The van der Waals surface area contributed by atoms with Crippen LogP contribution in [0, 0.1) is 17.8 Å². The van der Waals surface area contributed by atoms with E-state index in [0.717, 1.165) is 27.8 Å². The lowest BCUT2D eigenvalue weighted by Crippen LogP contribution is -2.54. The van der Waals surface area contributed by atoms with Gasteiger partial charge in [0.1, 0.15) is 0 Å². The second-order valence-electron chi connectivity index (χ2n) is 27.7. The molecule has 513 valence electrons. The topological polar surface area (TPSA) is 217 Å².